The van der Waals surface area contributed by atoms with Crippen LogP contribution >= 0.6 is 0 Å². The number of nitrogens with zero attached hydrogens (tertiary/aromatic N) is 3. The molecule has 154 valence electrons. The fourth-order valence-electron chi connectivity index (χ4n) is 3.20. The van der Waals surface area contributed by atoms with Gasteiger partial charge in [-0.1, -0.05) is 12.1 Å². The van der Waals surface area contributed by atoms with Gasteiger partial charge in [0.05, 0.1) is 19.2 Å². The number of urea groups is 1. The summed E-state index contributed by atoms with van der Waals surface area (Å²) in [5, 5.41) is 9.04. The molecule has 3 rings (SSSR count). The van der Waals surface area contributed by atoms with Crippen LogP contribution in [0.15, 0.2) is 42.5 Å². The molecule has 0 aromatic heterocycles. The molecule has 1 heterocycles. The highest BCUT2D eigenvalue weighted by atomic mass is 19.1. The Balaban J connectivity index is 1.92. The monoisotopic (exact) mass is 401 g/mol. The van der Waals surface area contributed by atoms with Crippen molar-refractivity contribution in [2.75, 3.05) is 45.2 Å². The number of aromatic carboxylic acids is 1. The number of benzene rings is 2. The number of likely N-dealkylation sites (N-methyl/N-ethyl adjacent to an activating group) is 1. The number of anilines is 1. The van der Waals surface area contributed by atoms with Crippen molar-refractivity contribution >= 4 is 17.7 Å². The number of carbonyl (C=O) groups excluding carboxylic acids is 1. The molecule has 0 atom stereocenters. The van der Waals surface area contributed by atoms with Crippen molar-refractivity contribution in [2.45, 2.75) is 6.54 Å². The number of carbonyl (C=O) groups is 2. The first-order chi connectivity index (χ1) is 13.9. The average molecular weight is 401 g/mol. The summed E-state index contributed by atoms with van der Waals surface area (Å²) in [6, 6.07) is 10.5. The molecule has 0 spiro atoms. The lowest BCUT2D eigenvalue weighted by Gasteiger charge is -2.36. The van der Waals surface area contributed by atoms with E-state index >= 15 is 0 Å². The Morgan fingerprint density at radius 1 is 1.14 bits per heavy atom. The van der Waals surface area contributed by atoms with Crippen LogP contribution in [0.4, 0.5) is 14.9 Å². The van der Waals surface area contributed by atoms with Gasteiger partial charge < -0.3 is 19.6 Å². The van der Waals surface area contributed by atoms with E-state index in [0.717, 1.165) is 19.2 Å². The molecule has 2 aromatic rings. The molecule has 7 nitrogen and oxygen atoms in total. The molecule has 0 aliphatic carbocycles. The second-order valence-corrected chi connectivity index (χ2v) is 6.97. The zero-order chi connectivity index (χ0) is 21.0. The largest absolute Gasteiger partial charge is 0.497 e. The maximum Gasteiger partial charge on any atom is 0.335 e. The number of rotatable bonds is 5. The number of carboxylic acids is 1. The van der Waals surface area contributed by atoms with E-state index in [9.17, 15) is 14.0 Å². The second-order valence-electron chi connectivity index (χ2n) is 6.97. The van der Waals surface area contributed by atoms with Gasteiger partial charge in [-0.2, -0.15) is 0 Å². The molecule has 0 bridgehead atoms. The van der Waals surface area contributed by atoms with Gasteiger partial charge >= 0.3 is 12.0 Å². The highest BCUT2D eigenvalue weighted by molar-refractivity contribution is 5.92. The maximum absolute atomic E-state index is 14.5. The first kappa shape index (κ1) is 20.6. The maximum atomic E-state index is 14.5. The van der Waals surface area contributed by atoms with Crippen LogP contribution in [0.3, 0.4) is 0 Å². The van der Waals surface area contributed by atoms with E-state index in [4.69, 9.17) is 9.84 Å². The van der Waals surface area contributed by atoms with Crippen LogP contribution in [0.2, 0.25) is 0 Å². The third-order valence-corrected chi connectivity index (χ3v) is 5.00. The van der Waals surface area contributed by atoms with E-state index in [1.165, 1.54) is 24.1 Å². The average Bonchev–Trinajstić information content (AvgIpc) is 2.73. The second kappa shape index (κ2) is 8.91. The van der Waals surface area contributed by atoms with Crippen molar-refractivity contribution in [2.24, 2.45) is 0 Å². The number of hydrogen-bond donors (Lipinski definition) is 1. The van der Waals surface area contributed by atoms with E-state index in [-0.39, 0.29) is 23.7 Å². The van der Waals surface area contributed by atoms with Crippen molar-refractivity contribution in [3.8, 4) is 5.75 Å². The Bertz CT molecular complexity index is 897. The van der Waals surface area contributed by atoms with Gasteiger partial charge in [-0.15, -0.1) is 0 Å². The molecule has 29 heavy (non-hydrogen) atoms. The topological polar surface area (TPSA) is 73.3 Å². The standard InChI is InChI=1S/C21H24FN3O4/c1-23-8-10-24(11-9-23)21(28)25(17-4-3-5-18(13-17)29-2)14-16-7-6-15(20(26)27)12-19(16)22/h3-7,12-13H,8-11,14H2,1-2H3,(H,26,27). The molecule has 1 saturated heterocycles. The van der Waals surface area contributed by atoms with Crippen molar-refractivity contribution in [1.82, 2.24) is 9.80 Å². The van der Waals surface area contributed by atoms with Gasteiger partial charge in [0.25, 0.3) is 0 Å². The van der Waals surface area contributed by atoms with Crippen LogP contribution in [-0.4, -0.2) is 67.2 Å². The molecule has 1 aliphatic rings. The third kappa shape index (κ3) is 4.83. The zero-order valence-corrected chi connectivity index (χ0v) is 16.5. The van der Waals surface area contributed by atoms with Crippen LogP contribution in [-0.2, 0) is 6.54 Å². The highest BCUT2D eigenvalue weighted by Gasteiger charge is 2.26. The third-order valence-electron chi connectivity index (χ3n) is 5.00. The minimum absolute atomic E-state index is 0.0237. The van der Waals surface area contributed by atoms with Crippen LogP contribution in [0, 0.1) is 5.82 Å². The van der Waals surface area contributed by atoms with Crippen molar-refractivity contribution in [1.29, 1.82) is 0 Å². The highest BCUT2D eigenvalue weighted by Crippen LogP contribution is 2.25. The van der Waals surface area contributed by atoms with Gasteiger partial charge in [-0.25, -0.2) is 14.0 Å². The molecule has 1 fully saturated rings. The Morgan fingerprint density at radius 3 is 2.48 bits per heavy atom. The number of carboxylic acid groups (broad SMARTS) is 1. The lowest BCUT2D eigenvalue weighted by Crippen LogP contribution is -2.52. The summed E-state index contributed by atoms with van der Waals surface area (Å²) < 4.78 is 19.8. The number of methoxy groups -OCH3 is 1. The van der Waals surface area contributed by atoms with Gasteiger partial charge in [0.1, 0.15) is 11.6 Å². The minimum Gasteiger partial charge on any atom is -0.497 e. The van der Waals surface area contributed by atoms with Crippen molar-refractivity contribution in [3.63, 3.8) is 0 Å². The molecule has 1 aliphatic heterocycles. The number of ether oxygens (including phenoxy) is 1. The van der Waals surface area contributed by atoms with E-state index in [0.29, 0.717) is 24.5 Å². The summed E-state index contributed by atoms with van der Waals surface area (Å²) in [7, 11) is 3.54. The molecule has 1 N–H and O–H groups in total. The van der Waals surface area contributed by atoms with E-state index in [2.05, 4.69) is 4.90 Å². The smallest absolute Gasteiger partial charge is 0.335 e. The quantitative estimate of drug-likeness (QED) is 0.834. The van der Waals surface area contributed by atoms with Gasteiger partial charge in [0.15, 0.2) is 0 Å². The van der Waals surface area contributed by atoms with Crippen LogP contribution in [0.1, 0.15) is 15.9 Å². The normalized spacial score (nSPS) is 14.5. The Hall–Kier alpha value is -3.13. The lowest BCUT2D eigenvalue weighted by atomic mass is 10.1. The molecule has 8 heteroatoms. The fraction of sp³-hybridized carbons (Fsp3) is 0.333. The molecule has 2 aromatic carbocycles. The first-order valence-corrected chi connectivity index (χ1v) is 9.30. The van der Waals surface area contributed by atoms with Gasteiger partial charge in [0.2, 0.25) is 0 Å². The van der Waals surface area contributed by atoms with Crippen molar-refractivity contribution < 1.29 is 23.8 Å². The summed E-state index contributed by atoms with van der Waals surface area (Å²) >= 11 is 0. The van der Waals surface area contributed by atoms with E-state index < -0.39 is 11.8 Å². The first-order valence-electron chi connectivity index (χ1n) is 9.30. The van der Waals surface area contributed by atoms with E-state index in [1.54, 1.807) is 29.2 Å². The summed E-state index contributed by atoms with van der Waals surface area (Å²) in [6.07, 6.45) is 0. The SMILES string of the molecule is COc1cccc(N(Cc2ccc(C(=O)O)cc2F)C(=O)N2CCN(C)CC2)c1. The molecular formula is C21H24FN3O4. The predicted octanol–water partition coefficient (Wildman–Crippen LogP) is 2.91. The molecule has 0 saturated carbocycles. The van der Waals surface area contributed by atoms with Gasteiger partial charge in [-0.3, -0.25) is 4.90 Å². The zero-order valence-electron chi connectivity index (χ0n) is 16.5. The summed E-state index contributed by atoms with van der Waals surface area (Å²) in [5.74, 6) is -1.28. The van der Waals surface area contributed by atoms with Gasteiger partial charge in [-0.05, 0) is 31.3 Å². The number of piperazine rings is 1. The Morgan fingerprint density at radius 2 is 1.86 bits per heavy atom. The summed E-state index contributed by atoms with van der Waals surface area (Å²) in [6.45, 7) is 2.66. The van der Waals surface area contributed by atoms with Crippen LogP contribution < -0.4 is 9.64 Å². The number of hydrogen-bond acceptors (Lipinski definition) is 4. The molecule has 2 amide bonds. The lowest BCUT2D eigenvalue weighted by molar-refractivity contribution is 0.0696. The van der Waals surface area contributed by atoms with Gasteiger partial charge in [0, 0.05) is 43.5 Å². The molecule has 0 unspecified atom stereocenters. The predicted molar refractivity (Wildman–Crippen MR) is 107 cm³/mol. The Labute approximate surface area is 168 Å². The minimum atomic E-state index is -1.20. The van der Waals surface area contributed by atoms with Crippen LogP contribution in [0.5, 0.6) is 5.75 Å². The molecular weight excluding hydrogens is 377 g/mol. The van der Waals surface area contributed by atoms with Crippen LogP contribution in [0.25, 0.3) is 0 Å². The summed E-state index contributed by atoms with van der Waals surface area (Å²) in [4.78, 5) is 29.7. The fourth-order valence-corrected chi connectivity index (χ4v) is 3.20. The summed E-state index contributed by atoms with van der Waals surface area (Å²) in [5.41, 5.74) is 0.680. The number of halogens is 1. The van der Waals surface area contributed by atoms with Crippen molar-refractivity contribution in [3.05, 3.63) is 59.4 Å². The van der Waals surface area contributed by atoms with E-state index in [1.807, 2.05) is 7.05 Å². The Kier molecular flexibility index (Phi) is 6.33. The molecule has 0 radical (unpaired) electrons. The number of amides is 2.